The van der Waals surface area contributed by atoms with Gasteiger partial charge in [-0.1, -0.05) is 0 Å². The molecule has 2 aromatic carbocycles. The lowest BCUT2D eigenvalue weighted by Crippen LogP contribution is -2.12. The molecule has 1 amide bonds. The molecule has 0 atom stereocenters. The number of benzene rings is 2. The number of H-pyrrole nitrogens is 1. The van der Waals surface area contributed by atoms with E-state index < -0.39 is 5.91 Å². The van der Waals surface area contributed by atoms with E-state index in [0.29, 0.717) is 33.7 Å². The van der Waals surface area contributed by atoms with Gasteiger partial charge < -0.3 is 20.2 Å². The van der Waals surface area contributed by atoms with Crippen molar-refractivity contribution in [2.24, 2.45) is 5.73 Å². The molecule has 0 fully saturated rings. The molecule has 2 heterocycles. The van der Waals surface area contributed by atoms with Crippen molar-refractivity contribution in [3.63, 3.8) is 0 Å². The van der Waals surface area contributed by atoms with Gasteiger partial charge in [0.15, 0.2) is 0 Å². The molecule has 0 aliphatic rings. The quantitative estimate of drug-likeness (QED) is 0.579. The minimum Gasteiger partial charge on any atom is -0.496 e. The van der Waals surface area contributed by atoms with Gasteiger partial charge in [-0.05, 0) is 30.3 Å². The predicted molar refractivity (Wildman–Crippen MR) is 99.9 cm³/mol. The van der Waals surface area contributed by atoms with E-state index in [1.165, 1.54) is 7.11 Å². The maximum Gasteiger partial charge on any atom is 0.252 e. The molecule has 0 bridgehead atoms. The molecule has 4 rings (SSSR count). The Hall–Kier alpha value is -4.05. The first-order chi connectivity index (χ1) is 13.1. The van der Waals surface area contributed by atoms with E-state index in [0.717, 1.165) is 10.9 Å². The number of fused-ring (bicyclic) bond motifs is 2. The zero-order valence-electron chi connectivity index (χ0n) is 14.3. The average molecular weight is 358 g/mol. The summed E-state index contributed by atoms with van der Waals surface area (Å²) in [5.41, 5.74) is 7.69. The largest absolute Gasteiger partial charge is 0.496 e. The van der Waals surface area contributed by atoms with Crippen molar-refractivity contribution < 1.29 is 14.3 Å². The van der Waals surface area contributed by atoms with Gasteiger partial charge in [0.2, 0.25) is 0 Å². The molecular weight excluding hydrogens is 344 g/mol. The number of aromatic amines is 1. The van der Waals surface area contributed by atoms with E-state index >= 15 is 0 Å². The molecule has 7 heteroatoms. The van der Waals surface area contributed by atoms with Crippen molar-refractivity contribution >= 4 is 27.7 Å². The van der Waals surface area contributed by atoms with E-state index in [1.54, 1.807) is 42.7 Å². The Morgan fingerprint density at radius 1 is 1.19 bits per heavy atom. The van der Waals surface area contributed by atoms with Crippen LogP contribution >= 0.6 is 0 Å². The molecule has 3 N–H and O–H groups in total. The summed E-state index contributed by atoms with van der Waals surface area (Å²) < 4.78 is 11.2. The van der Waals surface area contributed by atoms with E-state index in [9.17, 15) is 10.1 Å². The van der Waals surface area contributed by atoms with E-state index in [2.05, 4.69) is 16.0 Å². The van der Waals surface area contributed by atoms with E-state index in [-0.39, 0.29) is 5.56 Å². The van der Waals surface area contributed by atoms with E-state index in [1.807, 2.05) is 6.07 Å². The number of nitrogens with one attached hydrogen (secondary N) is 1. The van der Waals surface area contributed by atoms with Crippen LogP contribution in [0.3, 0.4) is 0 Å². The second-order valence-corrected chi connectivity index (χ2v) is 5.87. The number of amides is 1. The summed E-state index contributed by atoms with van der Waals surface area (Å²) >= 11 is 0. The monoisotopic (exact) mass is 358 g/mol. The fourth-order valence-corrected chi connectivity index (χ4v) is 2.98. The molecule has 4 aromatic rings. The average Bonchev–Trinajstić information content (AvgIpc) is 3.09. The highest BCUT2D eigenvalue weighted by Crippen LogP contribution is 2.34. The number of carbonyl (C=O) groups excluding carboxylic acids is 1. The van der Waals surface area contributed by atoms with Crippen molar-refractivity contribution in [1.29, 1.82) is 5.26 Å². The lowest BCUT2D eigenvalue weighted by Gasteiger charge is -2.12. The molecule has 27 heavy (non-hydrogen) atoms. The third kappa shape index (κ3) is 2.79. The number of nitrogens with zero attached hydrogens (tertiary/aromatic N) is 2. The third-order valence-electron chi connectivity index (χ3n) is 4.29. The number of hydrogen-bond donors (Lipinski definition) is 2. The first-order valence-corrected chi connectivity index (χ1v) is 8.06. The highest BCUT2D eigenvalue weighted by molar-refractivity contribution is 6.01. The van der Waals surface area contributed by atoms with Gasteiger partial charge in [0.1, 0.15) is 23.3 Å². The number of methoxy groups -OCH3 is 1. The Morgan fingerprint density at radius 2 is 2.04 bits per heavy atom. The van der Waals surface area contributed by atoms with Gasteiger partial charge in [-0.25, -0.2) is 0 Å². The smallest absolute Gasteiger partial charge is 0.252 e. The second kappa shape index (κ2) is 6.35. The van der Waals surface area contributed by atoms with Crippen LogP contribution in [0.5, 0.6) is 17.2 Å². The Kier molecular flexibility index (Phi) is 3.86. The molecule has 2 aromatic heterocycles. The van der Waals surface area contributed by atoms with Crippen LogP contribution in [-0.4, -0.2) is 23.0 Å². The molecule has 0 aliphatic heterocycles. The van der Waals surface area contributed by atoms with Crippen molar-refractivity contribution in [1.82, 2.24) is 9.97 Å². The molecule has 132 valence electrons. The number of hydrogen-bond acceptors (Lipinski definition) is 5. The van der Waals surface area contributed by atoms with Gasteiger partial charge >= 0.3 is 0 Å². The Morgan fingerprint density at radius 3 is 2.78 bits per heavy atom. The lowest BCUT2D eigenvalue weighted by molar-refractivity contribution is 0.0997. The van der Waals surface area contributed by atoms with E-state index in [4.69, 9.17) is 15.2 Å². The number of carbonyl (C=O) groups is 1. The molecular formula is C20H14N4O3. The summed E-state index contributed by atoms with van der Waals surface area (Å²) in [7, 11) is 1.47. The van der Waals surface area contributed by atoms with Gasteiger partial charge in [-0.15, -0.1) is 0 Å². The van der Waals surface area contributed by atoms with Crippen LogP contribution in [0.2, 0.25) is 0 Å². The van der Waals surface area contributed by atoms with Crippen LogP contribution < -0.4 is 15.2 Å². The first kappa shape index (κ1) is 16.4. The van der Waals surface area contributed by atoms with Crippen LogP contribution in [-0.2, 0) is 0 Å². The standard InChI is InChI=1S/C20H14N4O3/c1-26-19-8-17-14(7-15(19)20(22)25)18(4-5-23-17)27-12-2-3-16-13(6-12)11(9-21)10-24-16/h2-8,10,24H,1H3,(H2,22,25). The predicted octanol–water partition coefficient (Wildman–Crippen LogP) is 3.49. The van der Waals surface area contributed by atoms with Gasteiger partial charge in [0.05, 0.1) is 23.8 Å². The van der Waals surface area contributed by atoms with Gasteiger partial charge in [0, 0.05) is 34.7 Å². The van der Waals surface area contributed by atoms with Crippen LogP contribution in [0.1, 0.15) is 15.9 Å². The van der Waals surface area contributed by atoms with Crippen molar-refractivity contribution in [3.8, 4) is 23.3 Å². The zero-order chi connectivity index (χ0) is 19.0. The maximum atomic E-state index is 11.7. The topological polar surface area (TPSA) is 114 Å². The number of pyridine rings is 1. The minimum absolute atomic E-state index is 0.246. The van der Waals surface area contributed by atoms with Crippen LogP contribution in [0, 0.1) is 11.3 Å². The first-order valence-electron chi connectivity index (χ1n) is 8.06. The molecule has 0 saturated heterocycles. The Labute approximate surface area is 153 Å². The summed E-state index contributed by atoms with van der Waals surface area (Å²) in [6.45, 7) is 0. The highest BCUT2D eigenvalue weighted by Gasteiger charge is 2.14. The summed E-state index contributed by atoms with van der Waals surface area (Å²) in [6, 6.07) is 12.5. The molecule has 0 unspecified atom stereocenters. The maximum absolute atomic E-state index is 11.7. The van der Waals surface area contributed by atoms with Gasteiger partial charge in [-0.3, -0.25) is 9.78 Å². The Bertz CT molecular complexity index is 1240. The summed E-state index contributed by atoms with van der Waals surface area (Å²) in [5, 5.41) is 10.6. The fraction of sp³-hybridized carbons (Fsp3) is 0.0500. The zero-order valence-corrected chi connectivity index (χ0v) is 14.3. The van der Waals surface area contributed by atoms with Gasteiger partial charge in [-0.2, -0.15) is 5.26 Å². The lowest BCUT2D eigenvalue weighted by atomic mass is 10.1. The number of nitriles is 1. The number of nitrogens with two attached hydrogens (primary N) is 1. The number of primary amides is 1. The fourth-order valence-electron chi connectivity index (χ4n) is 2.98. The summed E-state index contributed by atoms with van der Waals surface area (Å²) in [6.07, 6.45) is 3.26. The third-order valence-corrected chi connectivity index (χ3v) is 4.29. The molecule has 0 spiro atoms. The van der Waals surface area contributed by atoms with Crippen LogP contribution in [0.15, 0.2) is 48.8 Å². The molecule has 0 saturated carbocycles. The Balaban J connectivity index is 1.83. The van der Waals surface area contributed by atoms with Crippen molar-refractivity contribution in [2.45, 2.75) is 0 Å². The minimum atomic E-state index is -0.601. The number of aromatic nitrogens is 2. The number of ether oxygens (including phenoxy) is 2. The summed E-state index contributed by atoms with van der Waals surface area (Å²) in [5.74, 6) is 0.823. The van der Waals surface area contributed by atoms with Crippen LogP contribution in [0.4, 0.5) is 0 Å². The molecule has 0 aliphatic carbocycles. The summed E-state index contributed by atoms with van der Waals surface area (Å²) in [4.78, 5) is 19.1. The second-order valence-electron chi connectivity index (χ2n) is 5.87. The normalized spacial score (nSPS) is 10.7. The van der Waals surface area contributed by atoms with Gasteiger partial charge in [0.25, 0.3) is 5.91 Å². The highest BCUT2D eigenvalue weighted by atomic mass is 16.5. The SMILES string of the molecule is COc1cc2nccc(Oc3ccc4[nH]cc(C#N)c4c3)c2cc1C(N)=O. The molecule has 7 nitrogen and oxygen atoms in total. The number of rotatable bonds is 4. The van der Waals surface area contributed by atoms with Crippen molar-refractivity contribution in [3.05, 3.63) is 59.9 Å². The molecule has 0 radical (unpaired) electrons. The van der Waals surface area contributed by atoms with Crippen LogP contribution in [0.25, 0.3) is 21.8 Å². The van der Waals surface area contributed by atoms with Crippen molar-refractivity contribution in [2.75, 3.05) is 7.11 Å².